The predicted octanol–water partition coefficient (Wildman–Crippen LogP) is 2.14. The van der Waals surface area contributed by atoms with Gasteiger partial charge >= 0.3 is 0 Å². The van der Waals surface area contributed by atoms with Crippen LogP contribution < -0.4 is 0 Å². The standard InChI is InChI=1S/C14H12N2O/c1-12(17)14-6-2-4-13(10-14)5-3-8-16-9-7-15-11-16/h2,4,6-7,9-11H,8H2,1H3. The fourth-order valence-corrected chi connectivity index (χ4v) is 1.43. The van der Waals surface area contributed by atoms with Crippen molar-refractivity contribution in [2.24, 2.45) is 0 Å². The van der Waals surface area contributed by atoms with Crippen LogP contribution >= 0.6 is 0 Å². The molecule has 0 bridgehead atoms. The minimum Gasteiger partial charge on any atom is -0.326 e. The number of hydrogen-bond donors (Lipinski definition) is 0. The first-order valence-electron chi connectivity index (χ1n) is 5.31. The SMILES string of the molecule is CC(=O)c1cccc(C#CCn2ccnc2)c1. The molecule has 0 spiro atoms. The number of rotatable bonds is 2. The second-order valence-corrected chi connectivity index (χ2v) is 3.67. The molecule has 1 heterocycles. The predicted molar refractivity (Wildman–Crippen MR) is 65.6 cm³/mol. The van der Waals surface area contributed by atoms with Gasteiger partial charge in [0.25, 0.3) is 0 Å². The Morgan fingerprint density at radius 2 is 2.35 bits per heavy atom. The van der Waals surface area contributed by atoms with Crippen LogP contribution in [-0.4, -0.2) is 15.3 Å². The van der Waals surface area contributed by atoms with E-state index >= 15 is 0 Å². The third-order valence-corrected chi connectivity index (χ3v) is 2.32. The first kappa shape index (κ1) is 11.2. The molecule has 0 radical (unpaired) electrons. The van der Waals surface area contributed by atoms with Gasteiger partial charge in [0, 0.05) is 23.5 Å². The van der Waals surface area contributed by atoms with Crippen molar-refractivity contribution >= 4 is 5.78 Å². The maximum absolute atomic E-state index is 11.2. The van der Waals surface area contributed by atoms with Gasteiger partial charge in [0.2, 0.25) is 0 Å². The van der Waals surface area contributed by atoms with Crippen molar-refractivity contribution in [1.82, 2.24) is 9.55 Å². The van der Waals surface area contributed by atoms with Gasteiger partial charge in [-0.25, -0.2) is 4.98 Å². The zero-order chi connectivity index (χ0) is 12.1. The molecule has 84 valence electrons. The van der Waals surface area contributed by atoms with Crippen LogP contribution in [-0.2, 0) is 6.54 Å². The van der Waals surface area contributed by atoms with E-state index in [-0.39, 0.29) is 5.78 Å². The Bertz CT molecular complexity index is 574. The number of carbonyl (C=O) groups is 1. The number of imidazole rings is 1. The lowest BCUT2D eigenvalue weighted by Crippen LogP contribution is -1.92. The van der Waals surface area contributed by atoms with Gasteiger partial charge < -0.3 is 4.57 Å². The molecule has 0 amide bonds. The van der Waals surface area contributed by atoms with E-state index in [1.54, 1.807) is 25.5 Å². The van der Waals surface area contributed by atoms with Crippen molar-refractivity contribution in [3.63, 3.8) is 0 Å². The fourth-order valence-electron chi connectivity index (χ4n) is 1.43. The highest BCUT2D eigenvalue weighted by molar-refractivity contribution is 5.94. The molecule has 0 aliphatic heterocycles. The number of benzene rings is 1. The van der Waals surface area contributed by atoms with Gasteiger partial charge in [-0.05, 0) is 19.1 Å². The smallest absolute Gasteiger partial charge is 0.159 e. The summed E-state index contributed by atoms with van der Waals surface area (Å²) in [6.07, 6.45) is 5.30. The Morgan fingerprint density at radius 1 is 1.47 bits per heavy atom. The Morgan fingerprint density at radius 3 is 3.06 bits per heavy atom. The molecule has 3 heteroatoms. The molecule has 17 heavy (non-hydrogen) atoms. The number of Topliss-reactive ketones (excluding diaryl/α,β-unsaturated/α-hetero) is 1. The van der Waals surface area contributed by atoms with Crippen LogP contribution in [0.1, 0.15) is 22.8 Å². The minimum atomic E-state index is 0.0586. The summed E-state index contributed by atoms with van der Waals surface area (Å²) < 4.78 is 1.89. The maximum Gasteiger partial charge on any atom is 0.159 e. The number of carbonyl (C=O) groups excluding carboxylic acids is 1. The molecular formula is C14H12N2O. The molecule has 1 aromatic carbocycles. The Balaban J connectivity index is 2.11. The van der Waals surface area contributed by atoms with Crippen LogP contribution in [0.15, 0.2) is 43.0 Å². The van der Waals surface area contributed by atoms with Gasteiger partial charge in [-0.2, -0.15) is 0 Å². The van der Waals surface area contributed by atoms with E-state index in [1.165, 1.54) is 0 Å². The third-order valence-electron chi connectivity index (χ3n) is 2.32. The number of nitrogens with zero attached hydrogens (tertiary/aromatic N) is 2. The van der Waals surface area contributed by atoms with E-state index in [0.29, 0.717) is 12.1 Å². The summed E-state index contributed by atoms with van der Waals surface area (Å²) in [4.78, 5) is 15.1. The number of aromatic nitrogens is 2. The Labute approximate surface area is 100 Å². The summed E-state index contributed by atoms with van der Waals surface area (Å²) in [5, 5.41) is 0. The highest BCUT2D eigenvalue weighted by Gasteiger charge is 1.97. The highest BCUT2D eigenvalue weighted by Crippen LogP contribution is 2.04. The zero-order valence-corrected chi connectivity index (χ0v) is 9.55. The van der Waals surface area contributed by atoms with E-state index in [4.69, 9.17) is 0 Å². The van der Waals surface area contributed by atoms with Gasteiger partial charge in [0.05, 0.1) is 12.9 Å². The van der Waals surface area contributed by atoms with Gasteiger partial charge in [0.1, 0.15) is 0 Å². The average Bonchev–Trinajstić information content (AvgIpc) is 2.82. The molecule has 0 aliphatic rings. The molecular weight excluding hydrogens is 212 g/mol. The number of hydrogen-bond acceptors (Lipinski definition) is 2. The molecule has 3 nitrogen and oxygen atoms in total. The molecule has 0 atom stereocenters. The van der Waals surface area contributed by atoms with Crippen molar-refractivity contribution in [2.45, 2.75) is 13.5 Å². The van der Waals surface area contributed by atoms with E-state index in [0.717, 1.165) is 5.56 Å². The van der Waals surface area contributed by atoms with Crippen molar-refractivity contribution in [1.29, 1.82) is 0 Å². The molecule has 0 aliphatic carbocycles. The van der Waals surface area contributed by atoms with Crippen LogP contribution in [0, 0.1) is 11.8 Å². The van der Waals surface area contributed by atoms with Crippen LogP contribution in [0.5, 0.6) is 0 Å². The van der Waals surface area contributed by atoms with Crippen molar-refractivity contribution in [3.8, 4) is 11.8 Å². The quantitative estimate of drug-likeness (QED) is 0.578. The van der Waals surface area contributed by atoms with E-state index in [1.807, 2.05) is 29.0 Å². The molecule has 0 saturated carbocycles. The fraction of sp³-hybridized carbons (Fsp3) is 0.143. The Hall–Kier alpha value is -2.34. The average molecular weight is 224 g/mol. The second-order valence-electron chi connectivity index (χ2n) is 3.67. The molecule has 0 unspecified atom stereocenters. The summed E-state index contributed by atoms with van der Waals surface area (Å²) in [6.45, 7) is 2.16. The molecule has 1 aromatic heterocycles. The van der Waals surface area contributed by atoms with Crippen LogP contribution in [0.3, 0.4) is 0 Å². The molecule has 2 aromatic rings. The summed E-state index contributed by atoms with van der Waals surface area (Å²) in [6, 6.07) is 7.35. The van der Waals surface area contributed by atoms with E-state index < -0.39 is 0 Å². The van der Waals surface area contributed by atoms with Crippen molar-refractivity contribution in [2.75, 3.05) is 0 Å². The first-order chi connectivity index (χ1) is 8.25. The van der Waals surface area contributed by atoms with E-state index in [2.05, 4.69) is 16.8 Å². The largest absolute Gasteiger partial charge is 0.326 e. The van der Waals surface area contributed by atoms with Gasteiger partial charge in [-0.3, -0.25) is 4.79 Å². The zero-order valence-electron chi connectivity index (χ0n) is 9.55. The molecule has 2 rings (SSSR count). The van der Waals surface area contributed by atoms with Gasteiger partial charge in [-0.1, -0.05) is 24.0 Å². The molecule has 0 N–H and O–H groups in total. The van der Waals surface area contributed by atoms with Crippen molar-refractivity contribution < 1.29 is 4.79 Å². The lowest BCUT2D eigenvalue weighted by atomic mass is 10.1. The maximum atomic E-state index is 11.2. The first-order valence-corrected chi connectivity index (χ1v) is 5.31. The topological polar surface area (TPSA) is 34.9 Å². The van der Waals surface area contributed by atoms with Crippen LogP contribution in [0.2, 0.25) is 0 Å². The summed E-state index contributed by atoms with van der Waals surface area (Å²) in [7, 11) is 0. The summed E-state index contributed by atoms with van der Waals surface area (Å²) >= 11 is 0. The van der Waals surface area contributed by atoms with Gasteiger partial charge in [-0.15, -0.1) is 0 Å². The Kier molecular flexibility index (Phi) is 3.37. The van der Waals surface area contributed by atoms with Crippen LogP contribution in [0.25, 0.3) is 0 Å². The molecule has 0 fully saturated rings. The number of ketones is 1. The normalized spacial score (nSPS) is 9.47. The van der Waals surface area contributed by atoms with Gasteiger partial charge in [0.15, 0.2) is 5.78 Å². The monoisotopic (exact) mass is 224 g/mol. The lowest BCUT2D eigenvalue weighted by Gasteiger charge is -1.95. The summed E-state index contributed by atoms with van der Waals surface area (Å²) in [5.74, 6) is 6.12. The van der Waals surface area contributed by atoms with Crippen molar-refractivity contribution in [3.05, 3.63) is 54.1 Å². The molecule has 0 saturated heterocycles. The second kappa shape index (κ2) is 5.13. The van der Waals surface area contributed by atoms with Crippen LogP contribution in [0.4, 0.5) is 0 Å². The highest BCUT2D eigenvalue weighted by atomic mass is 16.1. The van der Waals surface area contributed by atoms with E-state index in [9.17, 15) is 4.79 Å². The third kappa shape index (κ3) is 3.05. The minimum absolute atomic E-state index is 0.0586. The lowest BCUT2D eigenvalue weighted by molar-refractivity contribution is 0.101. The summed E-state index contributed by atoms with van der Waals surface area (Å²) in [5.41, 5.74) is 1.55.